The van der Waals surface area contributed by atoms with Crippen LogP contribution in [-0.4, -0.2) is 25.1 Å². The zero-order valence-corrected chi connectivity index (χ0v) is 8.69. The summed E-state index contributed by atoms with van der Waals surface area (Å²) in [6.45, 7) is 0. The van der Waals surface area contributed by atoms with Crippen molar-refractivity contribution in [1.29, 1.82) is 0 Å². The van der Waals surface area contributed by atoms with Crippen molar-refractivity contribution in [2.45, 2.75) is 6.42 Å². The summed E-state index contributed by atoms with van der Waals surface area (Å²) in [7, 11) is 1.71. The Kier molecular flexibility index (Phi) is 2.44. The lowest BCUT2D eigenvalue weighted by Gasteiger charge is -2.10. The number of anilines is 2. The van der Waals surface area contributed by atoms with Crippen LogP contribution in [-0.2, 0) is 20.8 Å². The zero-order chi connectivity index (χ0) is 11.7. The SMILES string of the molecule is CN1C(=O)Cc2cc(NC(=O)C=O)ccc21. The molecule has 16 heavy (non-hydrogen) atoms. The van der Waals surface area contributed by atoms with Gasteiger partial charge in [-0.2, -0.15) is 0 Å². The highest BCUT2D eigenvalue weighted by molar-refractivity contribution is 6.29. The molecule has 0 bridgehead atoms. The summed E-state index contributed by atoms with van der Waals surface area (Å²) in [5.41, 5.74) is 2.23. The highest BCUT2D eigenvalue weighted by Crippen LogP contribution is 2.29. The summed E-state index contributed by atoms with van der Waals surface area (Å²) in [5.74, 6) is -0.675. The fraction of sp³-hybridized carbons (Fsp3) is 0.182. The molecule has 2 rings (SSSR count). The van der Waals surface area contributed by atoms with E-state index in [1.54, 1.807) is 30.1 Å². The summed E-state index contributed by atoms with van der Waals surface area (Å²) >= 11 is 0. The summed E-state index contributed by atoms with van der Waals surface area (Å²) in [4.78, 5) is 34.0. The number of hydrogen-bond acceptors (Lipinski definition) is 3. The lowest BCUT2D eigenvalue weighted by molar-refractivity contribution is -0.127. The molecule has 1 aliphatic rings. The van der Waals surface area contributed by atoms with Crippen molar-refractivity contribution in [2.24, 2.45) is 0 Å². The van der Waals surface area contributed by atoms with Gasteiger partial charge in [0.1, 0.15) is 0 Å². The Hall–Kier alpha value is -2.17. The summed E-state index contributed by atoms with van der Waals surface area (Å²) in [6, 6.07) is 5.12. The predicted molar refractivity (Wildman–Crippen MR) is 58.2 cm³/mol. The number of benzene rings is 1. The third-order valence-corrected chi connectivity index (χ3v) is 2.53. The van der Waals surface area contributed by atoms with Gasteiger partial charge in [0.15, 0.2) is 0 Å². The van der Waals surface area contributed by atoms with Crippen LogP contribution in [0.1, 0.15) is 5.56 Å². The molecular formula is C11H10N2O3. The zero-order valence-electron chi connectivity index (χ0n) is 8.69. The van der Waals surface area contributed by atoms with E-state index in [0.717, 1.165) is 11.3 Å². The third-order valence-electron chi connectivity index (χ3n) is 2.53. The van der Waals surface area contributed by atoms with Crippen LogP contribution in [0.25, 0.3) is 0 Å². The van der Waals surface area contributed by atoms with Crippen molar-refractivity contribution in [3.05, 3.63) is 23.8 Å². The van der Waals surface area contributed by atoms with Gasteiger partial charge >= 0.3 is 0 Å². The molecule has 82 valence electrons. The van der Waals surface area contributed by atoms with Crippen LogP contribution in [0.5, 0.6) is 0 Å². The van der Waals surface area contributed by atoms with Crippen LogP contribution >= 0.6 is 0 Å². The molecule has 1 aromatic carbocycles. The molecule has 0 fully saturated rings. The lowest BCUT2D eigenvalue weighted by Crippen LogP contribution is -2.20. The van der Waals surface area contributed by atoms with E-state index < -0.39 is 5.91 Å². The number of nitrogens with one attached hydrogen (secondary N) is 1. The number of fused-ring (bicyclic) bond motifs is 1. The first-order valence-electron chi connectivity index (χ1n) is 4.77. The Morgan fingerprint density at radius 3 is 2.94 bits per heavy atom. The molecule has 1 aromatic rings. The smallest absolute Gasteiger partial charge is 0.288 e. The number of rotatable bonds is 2. The number of aldehydes is 1. The molecule has 0 saturated heterocycles. The minimum atomic E-state index is -0.697. The Morgan fingerprint density at radius 1 is 1.50 bits per heavy atom. The largest absolute Gasteiger partial charge is 0.320 e. The molecule has 0 atom stereocenters. The summed E-state index contributed by atoms with van der Waals surface area (Å²) < 4.78 is 0. The van der Waals surface area contributed by atoms with Crippen molar-refractivity contribution in [1.82, 2.24) is 0 Å². The monoisotopic (exact) mass is 218 g/mol. The van der Waals surface area contributed by atoms with Crippen LogP contribution in [0, 0.1) is 0 Å². The molecule has 1 heterocycles. The van der Waals surface area contributed by atoms with Crippen molar-refractivity contribution in [3.63, 3.8) is 0 Å². The second-order valence-electron chi connectivity index (χ2n) is 3.58. The highest BCUT2D eigenvalue weighted by atomic mass is 16.2. The number of amides is 2. The number of likely N-dealkylation sites (N-methyl/N-ethyl adjacent to an activating group) is 1. The van der Waals surface area contributed by atoms with Crippen molar-refractivity contribution < 1.29 is 14.4 Å². The number of hydrogen-bond donors (Lipinski definition) is 1. The maximum atomic E-state index is 11.4. The van der Waals surface area contributed by atoms with E-state index in [0.29, 0.717) is 12.1 Å². The molecule has 0 spiro atoms. The van der Waals surface area contributed by atoms with E-state index in [-0.39, 0.29) is 12.2 Å². The minimum Gasteiger partial charge on any atom is -0.320 e. The van der Waals surface area contributed by atoms with E-state index in [1.807, 2.05) is 0 Å². The van der Waals surface area contributed by atoms with Gasteiger partial charge in [0.25, 0.3) is 5.91 Å². The average Bonchev–Trinajstić information content (AvgIpc) is 2.54. The number of nitrogens with zero attached hydrogens (tertiary/aromatic N) is 1. The normalized spacial score (nSPS) is 13.6. The molecule has 1 N–H and O–H groups in total. The van der Waals surface area contributed by atoms with Crippen LogP contribution in [0.4, 0.5) is 11.4 Å². The van der Waals surface area contributed by atoms with Gasteiger partial charge in [-0.25, -0.2) is 0 Å². The van der Waals surface area contributed by atoms with Crippen LogP contribution in [0.2, 0.25) is 0 Å². The second-order valence-corrected chi connectivity index (χ2v) is 3.58. The van der Waals surface area contributed by atoms with E-state index in [4.69, 9.17) is 0 Å². The van der Waals surface area contributed by atoms with Gasteiger partial charge in [-0.05, 0) is 23.8 Å². The first kappa shape index (κ1) is 10.4. The Morgan fingerprint density at radius 2 is 2.25 bits per heavy atom. The molecule has 0 aliphatic carbocycles. The minimum absolute atomic E-state index is 0.0221. The molecule has 1 aliphatic heterocycles. The standard InChI is InChI=1S/C11H10N2O3/c1-13-9-3-2-8(12-10(15)6-14)4-7(9)5-11(13)16/h2-4,6H,5H2,1H3,(H,12,15). The fourth-order valence-corrected chi connectivity index (χ4v) is 1.72. The molecule has 5 heteroatoms. The molecular weight excluding hydrogens is 208 g/mol. The van der Waals surface area contributed by atoms with Gasteiger partial charge in [0.05, 0.1) is 6.42 Å². The highest BCUT2D eigenvalue weighted by Gasteiger charge is 2.23. The molecule has 5 nitrogen and oxygen atoms in total. The van der Waals surface area contributed by atoms with Gasteiger partial charge in [-0.15, -0.1) is 0 Å². The maximum absolute atomic E-state index is 11.4. The number of carbonyl (C=O) groups is 3. The molecule has 2 amide bonds. The van der Waals surface area contributed by atoms with Gasteiger partial charge in [-0.1, -0.05) is 0 Å². The van der Waals surface area contributed by atoms with Gasteiger partial charge < -0.3 is 10.2 Å². The predicted octanol–water partition coefficient (Wildman–Crippen LogP) is 0.343. The van der Waals surface area contributed by atoms with Gasteiger partial charge in [0, 0.05) is 18.4 Å². The van der Waals surface area contributed by atoms with Gasteiger partial charge in [-0.3, -0.25) is 14.4 Å². The maximum Gasteiger partial charge on any atom is 0.288 e. The van der Waals surface area contributed by atoms with Gasteiger partial charge in [0.2, 0.25) is 12.2 Å². The fourth-order valence-electron chi connectivity index (χ4n) is 1.72. The third kappa shape index (κ3) is 1.67. The summed E-state index contributed by atoms with van der Waals surface area (Å²) in [5, 5.41) is 2.41. The molecule has 0 saturated carbocycles. The lowest BCUT2D eigenvalue weighted by atomic mass is 10.1. The first-order chi connectivity index (χ1) is 7.61. The Bertz CT molecular complexity index is 482. The topological polar surface area (TPSA) is 66.5 Å². The Balaban J connectivity index is 2.28. The molecule has 0 radical (unpaired) electrons. The number of carbonyl (C=O) groups excluding carboxylic acids is 3. The average molecular weight is 218 g/mol. The Labute approximate surface area is 92.0 Å². The van der Waals surface area contributed by atoms with Crippen LogP contribution in [0.15, 0.2) is 18.2 Å². The van der Waals surface area contributed by atoms with E-state index in [1.165, 1.54) is 0 Å². The van der Waals surface area contributed by atoms with Crippen molar-refractivity contribution in [2.75, 3.05) is 17.3 Å². The molecule has 0 unspecified atom stereocenters. The van der Waals surface area contributed by atoms with E-state index in [9.17, 15) is 14.4 Å². The van der Waals surface area contributed by atoms with Crippen LogP contribution < -0.4 is 10.2 Å². The first-order valence-corrected chi connectivity index (χ1v) is 4.77. The van der Waals surface area contributed by atoms with Crippen molar-refractivity contribution in [3.8, 4) is 0 Å². The quantitative estimate of drug-likeness (QED) is 0.575. The summed E-state index contributed by atoms with van der Waals surface area (Å²) in [6.07, 6.45) is 0.543. The molecule has 0 aromatic heterocycles. The second kappa shape index (κ2) is 3.77. The van der Waals surface area contributed by atoms with E-state index >= 15 is 0 Å². The van der Waals surface area contributed by atoms with Crippen molar-refractivity contribution >= 4 is 29.5 Å². The van der Waals surface area contributed by atoms with Crippen LogP contribution in [0.3, 0.4) is 0 Å². The van der Waals surface area contributed by atoms with E-state index in [2.05, 4.69) is 5.32 Å².